The van der Waals surface area contributed by atoms with Crippen molar-refractivity contribution < 1.29 is 14.6 Å². The Morgan fingerprint density at radius 1 is 1.19 bits per heavy atom. The maximum atomic E-state index is 12.1. The first-order valence-corrected chi connectivity index (χ1v) is 6.75. The molecule has 0 aromatic heterocycles. The monoisotopic (exact) mass is 285 g/mol. The topological polar surface area (TPSA) is 58.6 Å². The highest BCUT2D eigenvalue weighted by Crippen LogP contribution is 2.19. The van der Waals surface area contributed by atoms with Crippen LogP contribution in [0.25, 0.3) is 0 Å². The van der Waals surface area contributed by atoms with E-state index in [1.807, 2.05) is 37.3 Å². The summed E-state index contributed by atoms with van der Waals surface area (Å²) in [6.45, 7) is 2.35. The summed E-state index contributed by atoms with van der Waals surface area (Å²) in [5.41, 5.74) is 3.34. The summed E-state index contributed by atoms with van der Waals surface area (Å²) in [7, 11) is 1.59. The van der Waals surface area contributed by atoms with E-state index in [-0.39, 0.29) is 12.5 Å². The quantitative estimate of drug-likeness (QED) is 0.887. The van der Waals surface area contributed by atoms with Crippen molar-refractivity contribution in [2.75, 3.05) is 7.11 Å². The van der Waals surface area contributed by atoms with Crippen molar-refractivity contribution in [3.8, 4) is 5.75 Å². The number of aliphatic hydroxyl groups excluding tert-OH is 1. The van der Waals surface area contributed by atoms with Crippen molar-refractivity contribution in [1.29, 1.82) is 0 Å². The van der Waals surface area contributed by atoms with Crippen molar-refractivity contribution in [3.63, 3.8) is 0 Å². The Bertz CT molecular complexity index is 638. The average molecular weight is 285 g/mol. The normalized spacial score (nSPS) is 10.2. The van der Waals surface area contributed by atoms with Gasteiger partial charge in [0.1, 0.15) is 5.75 Å². The van der Waals surface area contributed by atoms with Gasteiger partial charge in [-0.15, -0.1) is 0 Å². The zero-order valence-corrected chi connectivity index (χ0v) is 12.2. The van der Waals surface area contributed by atoms with Gasteiger partial charge in [0.15, 0.2) is 0 Å². The zero-order valence-electron chi connectivity index (χ0n) is 12.2. The summed E-state index contributed by atoms with van der Waals surface area (Å²) < 4.78 is 5.22. The van der Waals surface area contributed by atoms with Gasteiger partial charge in [0.2, 0.25) is 0 Å². The second-order valence-electron chi connectivity index (χ2n) is 4.85. The lowest BCUT2D eigenvalue weighted by Crippen LogP contribution is -2.22. The van der Waals surface area contributed by atoms with Crippen LogP contribution in [0.15, 0.2) is 42.5 Å². The molecule has 0 radical (unpaired) electrons. The number of benzene rings is 2. The first kappa shape index (κ1) is 15.1. The van der Waals surface area contributed by atoms with E-state index < -0.39 is 0 Å². The Balaban J connectivity index is 2.04. The first-order valence-electron chi connectivity index (χ1n) is 6.75. The van der Waals surface area contributed by atoms with E-state index in [4.69, 9.17) is 9.84 Å². The van der Waals surface area contributed by atoms with Gasteiger partial charge >= 0.3 is 0 Å². The van der Waals surface area contributed by atoms with Crippen LogP contribution in [0.4, 0.5) is 0 Å². The van der Waals surface area contributed by atoms with Crippen LogP contribution >= 0.6 is 0 Å². The van der Waals surface area contributed by atoms with Crippen LogP contribution in [0, 0.1) is 6.92 Å². The third kappa shape index (κ3) is 3.83. The third-order valence-corrected chi connectivity index (χ3v) is 3.30. The number of ether oxygens (including phenoxy) is 1. The van der Waals surface area contributed by atoms with Crippen LogP contribution < -0.4 is 10.1 Å². The molecule has 2 rings (SSSR count). The van der Waals surface area contributed by atoms with Crippen molar-refractivity contribution >= 4 is 5.91 Å². The SMILES string of the molecule is COc1cc(C(=O)NCc2cccc(CO)c2)ccc1C. The minimum absolute atomic E-state index is 0.00303. The number of carbonyl (C=O) groups is 1. The van der Waals surface area contributed by atoms with Crippen molar-refractivity contribution in [2.24, 2.45) is 0 Å². The zero-order chi connectivity index (χ0) is 15.2. The smallest absolute Gasteiger partial charge is 0.251 e. The molecule has 21 heavy (non-hydrogen) atoms. The molecule has 2 N–H and O–H groups in total. The molecular weight excluding hydrogens is 266 g/mol. The van der Waals surface area contributed by atoms with Gasteiger partial charge in [0.25, 0.3) is 5.91 Å². The highest BCUT2D eigenvalue weighted by molar-refractivity contribution is 5.94. The number of aryl methyl sites for hydroxylation is 1. The molecule has 4 heteroatoms. The second kappa shape index (κ2) is 6.90. The molecule has 0 aliphatic heterocycles. The van der Waals surface area contributed by atoms with E-state index in [0.717, 1.165) is 16.7 Å². The first-order chi connectivity index (χ1) is 10.1. The summed E-state index contributed by atoms with van der Waals surface area (Å²) in [5.74, 6) is 0.549. The summed E-state index contributed by atoms with van der Waals surface area (Å²) >= 11 is 0. The predicted octanol–water partition coefficient (Wildman–Crippen LogP) is 2.43. The van der Waals surface area contributed by atoms with E-state index in [2.05, 4.69) is 5.32 Å². The molecule has 0 bridgehead atoms. The molecule has 0 heterocycles. The molecule has 110 valence electrons. The minimum atomic E-state index is -0.150. The van der Waals surface area contributed by atoms with Gasteiger partial charge < -0.3 is 15.2 Å². The molecule has 2 aromatic rings. The number of aliphatic hydroxyl groups is 1. The molecule has 0 aliphatic rings. The Hall–Kier alpha value is -2.33. The summed E-state index contributed by atoms with van der Waals surface area (Å²) in [4.78, 5) is 12.1. The number of amides is 1. The lowest BCUT2D eigenvalue weighted by atomic mass is 10.1. The maximum Gasteiger partial charge on any atom is 0.251 e. The van der Waals surface area contributed by atoms with Crippen LogP contribution in [0.1, 0.15) is 27.0 Å². The number of hydrogen-bond donors (Lipinski definition) is 2. The Morgan fingerprint density at radius 2 is 1.95 bits per heavy atom. The molecule has 0 unspecified atom stereocenters. The van der Waals surface area contributed by atoms with Gasteiger partial charge in [0, 0.05) is 12.1 Å². The van der Waals surface area contributed by atoms with Gasteiger partial charge in [-0.1, -0.05) is 30.3 Å². The summed E-state index contributed by atoms with van der Waals surface area (Å²) in [5, 5.41) is 12.0. The number of hydrogen-bond acceptors (Lipinski definition) is 3. The maximum absolute atomic E-state index is 12.1. The average Bonchev–Trinajstić information content (AvgIpc) is 2.53. The molecular formula is C17H19NO3. The van der Waals surface area contributed by atoms with E-state index in [1.165, 1.54) is 0 Å². The fraction of sp³-hybridized carbons (Fsp3) is 0.235. The molecule has 0 aliphatic carbocycles. The van der Waals surface area contributed by atoms with E-state index in [0.29, 0.717) is 17.9 Å². The fourth-order valence-corrected chi connectivity index (χ4v) is 2.08. The van der Waals surface area contributed by atoms with Gasteiger partial charge in [0.05, 0.1) is 13.7 Å². The number of methoxy groups -OCH3 is 1. The Labute approximate surface area is 124 Å². The van der Waals surface area contributed by atoms with Crippen LogP contribution in [-0.2, 0) is 13.2 Å². The Morgan fingerprint density at radius 3 is 2.67 bits per heavy atom. The summed E-state index contributed by atoms with van der Waals surface area (Å²) in [6.07, 6.45) is 0. The molecule has 0 fully saturated rings. The lowest BCUT2D eigenvalue weighted by molar-refractivity contribution is 0.0950. The number of carbonyl (C=O) groups excluding carboxylic acids is 1. The van der Waals surface area contributed by atoms with Crippen LogP contribution in [-0.4, -0.2) is 18.1 Å². The van der Waals surface area contributed by atoms with E-state index >= 15 is 0 Å². The van der Waals surface area contributed by atoms with Crippen LogP contribution in [0.3, 0.4) is 0 Å². The Kier molecular flexibility index (Phi) is 4.95. The standard InChI is InChI=1S/C17H19NO3/c1-12-6-7-15(9-16(12)21-2)17(20)18-10-13-4-3-5-14(8-13)11-19/h3-9,19H,10-11H2,1-2H3,(H,18,20). The molecule has 0 atom stereocenters. The number of rotatable bonds is 5. The highest BCUT2D eigenvalue weighted by Gasteiger charge is 2.08. The summed E-state index contributed by atoms with van der Waals surface area (Å²) in [6, 6.07) is 12.9. The largest absolute Gasteiger partial charge is 0.496 e. The van der Waals surface area contributed by atoms with Crippen molar-refractivity contribution in [1.82, 2.24) is 5.32 Å². The van der Waals surface area contributed by atoms with Gasteiger partial charge in [-0.3, -0.25) is 4.79 Å². The van der Waals surface area contributed by atoms with Gasteiger partial charge in [-0.05, 0) is 35.7 Å². The highest BCUT2D eigenvalue weighted by atomic mass is 16.5. The van der Waals surface area contributed by atoms with E-state index in [9.17, 15) is 4.79 Å². The van der Waals surface area contributed by atoms with Crippen LogP contribution in [0.2, 0.25) is 0 Å². The predicted molar refractivity (Wildman–Crippen MR) is 81.3 cm³/mol. The molecule has 0 saturated carbocycles. The molecule has 4 nitrogen and oxygen atoms in total. The van der Waals surface area contributed by atoms with Gasteiger partial charge in [-0.25, -0.2) is 0 Å². The number of nitrogens with one attached hydrogen (secondary N) is 1. The molecule has 1 amide bonds. The van der Waals surface area contributed by atoms with E-state index in [1.54, 1.807) is 19.2 Å². The second-order valence-corrected chi connectivity index (χ2v) is 4.85. The lowest BCUT2D eigenvalue weighted by Gasteiger charge is -2.09. The molecule has 2 aromatic carbocycles. The van der Waals surface area contributed by atoms with Gasteiger partial charge in [-0.2, -0.15) is 0 Å². The van der Waals surface area contributed by atoms with Crippen molar-refractivity contribution in [2.45, 2.75) is 20.1 Å². The third-order valence-electron chi connectivity index (χ3n) is 3.30. The minimum Gasteiger partial charge on any atom is -0.496 e. The molecule has 0 saturated heterocycles. The van der Waals surface area contributed by atoms with Crippen molar-refractivity contribution in [3.05, 3.63) is 64.7 Å². The van der Waals surface area contributed by atoms with Crippen LogP contribution in [0.5, 0.6) is 5.75 Å². The molecule has 0 spiro atoms. The fourth-order valence-electron chi connectivity index (χ4n) is 2.08.